The minimum atomic E-state index is -4.32. The van der Waals surface area contributed by atoms with Gasteiger partial charge in [-0.15, -0.1) is 0 Å². The molecular weight excluding hydrogens is 504 g/mol. The molecule has 0 fully saturated rings. The fourth-order valence-corrected chi connectivity index (χ4v) is 3.03. The molecule has 0 aliphatic heterocycles. The molecule has 0 spiro atoms. The highest BCUT2D eigenvalue weighted by Gasteiger charge is 2.41. The third-order valence-corrected chi connectivity index (χ3v) is 3.76. The first-order valence-electron chi connectivity index (χ1n) is 5.05. The molecule has 20 heavy (non-hydrogen) atoms. The zero-order valence-electron chi connectivity index (χ0n) is 9.82. The lowest BCUT2D eigenvalue weighted by molar-refractivity contribution is -0.335. The van der Waals surface area contributed by atoms with Gasteiger partial charge in [-0.05, 0) is 64.2 Å². The average Bonchev–Trinajstić information content (AvgIpc) is 2.33. The molecule has 0 amide bonds. The number of phenols is 1. The maximum absolute atomic E-state index is 13.1. The number of benzene rings is 1. The summed E-state index contributed by atoms with van der Waals surface area (Å²) in [5, 5.41) is 19.9. The second-order valence-electron chi connectivity index (χ2n) is 3.74. The zero-order valence-corrected chi connectivity index (χ0v) is 14.1. The van der Waals surface area contributed by atoms with E-state index in [-0.39, 0.29) is 5.56 Å². The Morgan fingerprint density at radius 2 is 1.95 bits per heavy atom. The van der Waals surface area contributed by atoms with Crippen LogP contribution in [0, 0.1) is 7.14 Å². The van der Waals surface area contributed by atoms with Crippen LogP contribution >= 0.6 is 45.2 Å². The van der Waals surface area contributed by atoms with Gasteiger partial charge in [0.1, 0.15) is 17.3 Å². The Kier molecular flexibility index (Phi) is 5.52. The predicted octanol–water partition coefficient (Wildman–Crippen LogP) is 1.53. The number of carboxylic acids is 1. The Bertz CT molecular complexity index is 562. The van der Waals surface area contributed by atoms with Crippen molar-refractivity contribution in [1.82, 2.24) is 0 Å². The van der Waals surface area contributed by atoms with Crippen LogP contribution in [0.4, 0.5) is 8.78 Å². The summed E-state index contributed by atoms with van der Waals surface area (Å²) in [4.78, 5) is 22.0. The lowest BCUT2D eigenvalue weighted by Gasteiger charge is -2.24. The second-order valence-corrected chi connectivity index (χ2v) is 6.15. The van der Waals surface area contributed by atoms with E-state index in [1.54, 1.807) is 28.7 Å². The highest BCUT2D eigenvalue weighted by atomic mass is 127. The SMILES string of the molecule is CC(OC(=O)c1cc(I)cc(I)c1O)C(F)(F)C(=O)[O-]. The van der Waals surface area contributed by atoms with E-state index in [1.165, 1.54) is 6.07 Å². The quantitative estimate of drug-likeness (QED) is 0.490. The Morgan fingerprint density at radius 1 is 1.40 bits per heavy atom. The number of ether oxygens (including phenoxy) is 1. The fourth-order valence-electron chi connectivity index (χ4n) is 1.19. The number of halogens is 4. The van der Waals surface area contributed by atoms with Crippen LogP contribution in [0.2, 0.25) is 0 Å². The van der Waals surface area contributed by atoms with Crippen molar-refractivity contribution in [3.05, 3.63) is 24.8 Å². The molecule has 0 heterocycles. The molecule has 110 valence electrons. The van der Waals surface area contributed by atoms with Crippen molar-refractivity contribution in [1.29, 1.82) is 0 Å². The van der Waals surface area contributed by atoms with E-state index in [0.29, 0.717) is 7.14 Å². The minimum Gasteiger partial charge on any atom is -0.544 e. The first kappa shape index (κ1) is 17.3. The molecule has 1 N–H and O–H groups in total. The molecule has 0 aromatic heterocycles. The maximum atomic E-state index is 13.1. The number of hydrogen-bond acceptors (Lipinski definition) is 5. The number of aromatic hydroxyl groups is 1. The van der Waals surface area contributed by atoms with E-state index in [0.717, 1.165) is 6.92 Å². The van der Waals surface area contributed by atoms with Crippen molar-refractivity contribution in [3.8, 4) is 5.75 Å². The largest absolute Gasteiger partial charge is 0.544 e. The molecule has 0 saturated heterocycles. The number of phenolic OH excluding ortho intramolecular Hbond substituents is 1. The highest BCUT2D eigenvalue weighted by molar-refractivity contribution is 14.1. The normalized spacial score (nSPS) is 12.8. The molecule has 1 atom stereocenters. The number of hydrogen-bond donors (Lipinski definition) is 1. The molecule has 0 aliphatic rings. The molecule has 0 aliphatic carbocycles. The Balaban J connectivity index is 3.01. The number of carbonyl (C=O) groups is 2. The van der Waals surface area contributed by atoms with E-state index >= 15 is 0 Å². The summed E-state index contributed by atoms with van der Waals surface area (Å²) in [7, 11) is 0. The highest BCUT2D eigenvalue weighted by Crippen LogP contribution is 2.29. The van der Waals surface area contributed by atoms with Gasteiger partial charge in [0.15, 0.2) is 6.10 Å². The van der Waals surface area contributed by atoms with Gasteiger partial charge in [0, 0.05) is 3.57 Å². The molecule has 0 radical (unpaired) electrons. The smallest absolute Gasteiger partial charge is 0.342 e. The number of carbonyl (C=O) groups excluding carboxylic acids is 2. The topological polar surface area (TPSA) is 86.7 Å². The van der Waals surface area contributed by atoms with E-state index < -0.39 is 29.7 Å². The van der Waals surface area contributed by atoms with Crippen LogP contribution in [-0.4, -0.2) is 29.1 Å². The Labute approximate surface area is 139 Å². The van der Waals surface area contributed by atoms with Crippen molar-refractivity contribution < 1.29 is 33.3 Å². The predicted molar refractivity (Wildman–Crippen MR) is 78.4 cm³/mol. The minimum absolute atomic E-state index is 0.317. The average molecular weight is 511 g/mol. The Morgan fingerprint density at radius 3 is 2.45 bits per heavy atom. The van der Waals surface area contributed by atoms with Crippen molar-refractivity contribution in [2.75, 3.05) is 0 Å². The Hall–Kier alpha value is -0.720. The van der Waals surface area contributed by atoms with Gasteiger partial charge in [-0.25, -0.2) is 4.79 Å². The standard InChI is InChI=1S/C11H8F2I2O5/c1-4(11(12,13)10(18)19)20-9(17)6-2-5(14)3-7(15)8(6)16/h2-4,16H,1H3,(H,18,19)/p-1. The third-order valence-electron chi connectivity index (χ3n) is 2.31. The van der Waals surface area contributed by atoms with Crippen LogP contribution in [-0.2, 0) is 9.53 Å². The van der Waals surface area contributed by atoms with Gasteiger partial charge in [0.25, 0.3) is 0 Å². The molecular formula is C11H7F2I2O5-. The lowest BCUT2D eigenvalue weighted by atomic mass is 10.2. The maximum Gasteiger partial charge on any atom is 0.342 e. The summed E-state index contributed by atoms with van der Waals surface area (Å²) in [6.07, 6.45) is -2.23. The third kappa shape index (κ3) is 3.68. The number of esters is 1. The second kappa shape index (κ2) is 6.37. The van der Waals surface area contributed by atoms with Crippen molar-refractivity contribution >= 4 is 57.1 Å². The van der Waals surface area contributed by atoms with Gasteiger partial charge in [0.2, 0.25) is 0 Å². The monoisotopic (exact) mass is 511 g/mol. The van der Waals surface area contributed by atoms with E-state index in [4.69, 9.17) is 0 Å². The van der Waals surface area contributed by atoms with Crippen LogP contribution in [0.25, 0.3) is 0 Å². The van der Waals surface area contributed by atoms with Gasteiger partial charge < -0.3 is 19.7 Å². The summed E-state index contributed by atoms with van der Waals surface area (Å²) in [6.45, 7) is 0.726. The first-order valence-corrected chi connectivity index (χ1v) is 7.21. The zero-order chi connectivity index (χ0) is 15.7. The van der Waals surface area contributed by atoms with Crippen molar-refractivity contribution in [3.63, 3.8) is 0 Å². The summed E-state index contributed by atoms with van der Waals surface area (Å²) in [6, 6.07) is 2.80. The van der Waals surface area contributed by atoms with E-state index in [1.807, 2.05) is 22.6 Å². The molecule has 5 nitrogen and oxygen atoms in total. The number of rotatable bonds is 4. The van der Waals surface area contributed by atoms with Gasteiger partial charge in [-0.3, -0.25) is 0 Å². The van der Waals surface area contributed by atoms with Gasteiger partial charge in [-0.2, -0.15) is 8.78 Å². The lowest BCUT2D eigenvalue weighted by Crippen LogP contribution is -2.50. The number of carboxylic acid groups (broad SMARTS) is 1. The van der Waals surface area contributed by atoms with E-state index in [2.05, 4.69) is 4.74 Å². The number of alkyl halides is 2. The van der Waals surface area contributed by atoms with Crippen LogP contribution in [0.3, 0.4) is 0 Å². The fraction of sp³-hybridized carbons (Fsp3) is 0.273. The van der Waals surface area contributed by atoms with Crippen LogP contribution in [0.5, 0.6) is 5.75 Å². The first-order chi connectivity index (χ1) is 9.07. The van der Waals surface area contributed by atoms with Crippen molar-refractivity contribution in [2.45, 2.75) is 19.0 Å². The molecule has 1 unspecified atom stereocenters. The summed E-state index contributed by atoms with van der Waals surface area (Å²) < 4.78 is 31.4. The van der Waals surface area contributed by atoms with Crippen LogP contribution in [0.1, 0.15) is 17.3 Å². The van der Waals surface area contributed by atoms with Gasteiger partial charge in [0.05, 0.1) is 3.57 Å². The molecule has 1 aromatic carbocycles. The molecule has 0 bridgehead atoms. The number of aliphatic carboxylic acids is 1. The van der Waals surface area contributed by atoms with E-state index in [9.17, 15) is 28.6 Å². The molecule has 9 heteroatoms. The molecule has 0 saturated carbocycles. The van der Waals surface area contributed by atoms with Gasteiger partial charge >= 0.3 is 11.9 Å². The molecule has 1 aromatic rings. The van der Waals surface area contributed by atoms with Crippen LogP contribution < -0.4 is 5.11 Å². The van der Waals surface area contributed by atoms with Gasteiger partial charge in [-0.1, -0.05) is 0 Å². The summed E-state index contributed by atoms with van der Waals surface area (Å²) in [5.74, 6) is -8.62. The molecule has 1 rings (SSSR count). The summed E-state index contributed by atoms with van der Waals surface area (Å²) in [5.41, 5.74) is -0.317. The summed E-state index contributed by atoms with van der Waals surface area (Å²) >= 11 is 3.62. The van der Waals surface area contributed by atoms with Crippen molar-refractivity contribution in [2.24, 2.45) is 0 Å². The van der Waals surface area contributed by atoms with Crippen LogP contribution in [0.15, 0.2) is 12.1 Å².